The number of aromatic nitrogens is 5. The van der Waals surface area contributed by atoms with Gasteiger partial charge in [0.1, 0.15) is 11.8 Å². The maximum absolute atomic E-state index is 5.53. The summed E-state index contributed by atoms with van der Waals surface area (Å²) < 4.78 is 13.0. The highest BCUT2D eigenvalue weighted by Gasteiger charge is 2.17. The van der Waals surface area contributed by atoms with E-state index in [0.717, 1.165) is 32.7 Å². The molecule has 0 spiro atoms. The maximum Gasteiger partial charge on any atom is 0.237 e. The predicted molar refractivity (Wildman–Crippen MR) is 112 cm³/mol. The Labute approximate surface area is 171 Å². The zero-order valence-electron chi connectivity index (χ0n) is 16.1. The molecule has 0 aliphatic rings. The molecule has 5 rings (SSSR count). The van der Waals surface area contributed by atoms with Crippen LogP contribution in [0.2, 0.25) is 0 Å². The van der Waals surface area contributed by atoms with Crippen LogP contribution < -0.4 is 0 Å². The lowest BCUT2D eigenvalue weighted by molar-refractivity contribution is 0.0683. The van der Waals surface area contributed by atoms with E-state index in [-0.39, 0.29) is 6.10 Å². The second kappa shape index (κ2) is 7.46. The summed E-state index contributed by atoms with van der Waals surface area (Å²) in [5, 5.41) is 5.90. The number of nitrogens with zero attached hydrogens (tertiary/aromatic N) is 5. The smallest absolute Gasteiger partial charge is 0.237 e. The fourth-order valence-electron chi connectivity index (χ4n) is 3.35. The van der Waals surface area contributed by atoms with Crippen LogP contribution in [0, 0.1) is 0 Å². The van der Waals surface area contributed by atoms with Crippen molar-refractivity contribution in [3.63, 3.8) is 0 Å². The molecule has 0 saturated heterocycles. The lowest BCUT2D eigenvalue weighted by Crippen LogP contribution is -2.01. The number of hydrogen-bond acceptors (Lipinski definition) is 7. The first kappa shape index (κ1) is 18.1. The molecule has 29 heavy (non-hydrogen) atoms. The van der Waals surface area contributed by atoms with Gasteiger partial charge in [-0.25, -0.2) is 9.97 Å². The van der Waals surface area contributed by atoms with Gasteiger partial charge >= 0.3 is 0 Å². The normalized spacial score (nSPS) is 12.9. The Morgan fingerprint density at radius 3 is 2.69 bits per heavy atom. The zero-order valence-corrected chi connectivity index (χ0v) is 16.9. The standard InChI is InChI=1S/C21H19N5O2S/c1-3-27-13(2)19-24-18(28-25-19)12-29-21-23-15-9-5-4-8-14(15)20-22-16-10-6-7-11-17(16)26(20)21/h4-11,13H,3,12H2,1-2H3. The van der Waals surface area contributed by atoms with E-state index in [4.69, 9.17) is 19.2 Å². The summed E-state index contributed by atoms with van der Waals surface area (Å²) >= 11 is 1.55. The molecule has 0 radical (unpaired) electrons. The molecule has 0 bridgehead atoms. The van der Waals surface area contributed by atoms with Crippen molar-refractivity contribution < 1.29 is 9.26 Å². The van der Waals surface area contributed by atoms with E-state index in [1.165, 1.54) is 0 Å². The highest BCUT2D eigenvalue weighted by atomic mass is 32.2. The fraction of sp³-hybridized carbons (Fsp3) is 0.238. The first-order valence-corrected chi connectivity index (χ1v) is 10.5. The molecular weight excluding hydrogens is 386 g/mol. The minimum atomic E-state index is -0.189. The van der Waals surface area contributed by atoms with E-state index in [2.05, 4.69) is 26.7 Å². The van der Waals surface area contributed by atoms with Crippen molar-refractivity contribution in [1.82, 2.24) is 24.5 Å². The highest BCUT2D eigenvalue weighted by Crippen LogP contribution is 2.30. The maximum atomic E-state index is 5.53. The van der Waals surface area contributed by atoms with E-state index < -0.39 is 0 Å². The van der Waals surface area contributed by atoms with Gasteiger partial charge in [0.2, 0.25) is 5.89 Å². The van der Waals surface area contributed by atoms with Crippen LogP contribution in [-0.4, -0.2) is 31.1 Å². The Kier molecular flexibility index (Phi) is 4.65. The third-order valence-electron chi connectivity index (χ3n) is 4.70. The van der Waals surface area contributed by atoms with Crippen LogP contribution in [0.25, 0.3) is 27.6 Å². The van der Waals surface area contributed by atoms with Crippen LogP contribution >= 0.6 is 11.8 Å². The van der Waals surface area contributed by atoms with Crippen molar-refractivity contribution in [3.05, 3.63) is 60.2 Å². The lowest BCUT2D eigenvalue weighted by Gasteiger charge is -2.07. The molecule has 3 aromatic heterocycles. The molecular formula is C21H19N5O2S. The second-order valence-electron chi connectivity index (χ2n) is 6.60. The summed E-state index contributed by atoms with van der Waals surface area (Å²) in [7, 11) is 0. The van der Waals surface area contributed by atoms with Gasteiger partial charge in [0.15, 0.2) is 11.0 Å². The highest BCUT2D eigenvalue weighted by molar-refractivity contribution is 7.98. The van der Waals surface area contributed by atoms with Gasteiger partial charge in [-0.15, -0.1) is 0 Å². The van der Waals surface area contributed by atoms with Gasteiger partial charge in [0, 0.05) is 12.0 Å². The minimum absolute atomic E-state index is 0.189. The Morgan fingerprint density at radius 2 is 1.83 bits per heavy atom. The lowest BCUT2D eigenvalue weighted by atomic mass is 10.2. The van der Waals surface area contributed by atoms with Crippen LogP contribution in [-0.2, 0) is 10.5 Å². The van der Waals surface area contributed by atoms with Crippen LogP contribution in [0.5, 0.6) is 0 Å². The van der Waals surface area contributed by atoms with Gasteiger partial charge in [0.25, 0.3) is 0 Å². The Morgan fingerprint density at radius 1 is 1.03 bits per heavy atom. The molecule has 0 aliphatic heterocycles. The fourth-order valence-corrected chi connectivity index (χ4v) is 4.20. The molecule has 2 aromatic carbocycles. The molecule has 0 fully saturated rings. The molecule has 0 aliphatic carbocycles. The summed E-state index contributed by atoms with van der Waals surface area (Å²) in [6.07, 6.45) is -0.189. The molecule has 0 saturated carbocycles. The quantitative estimate of drug-likeness (QED) is 0.296. The summed E-state index contributed by atoms with van der Waals surface area (Å²) in [4.78, 5) is 14.2. The van der Waals surface area contributed by atoms with E-state index >= 15 is 0 Å². The summed E-state index contributed by atoms with van der Waals surface area (Å²) in [5.74, 6) is 1.62. The topological polar surface area (TPSA) is 78.3 Å². The first-order valence-electron chi connectivity index (χ1n) is 9.47. The van der Waals surface area contributed by atoms with Crippen molar-refractivity contribution in [2.75, 3.05) is 6.61 Å². The predicted octanol–water partition coefficient (Wildman–Crippen LogP) is 4.81. The zero-order chi connectivity index (χ0) is 19.8. The molecule has 7 nitrogen and oxygen atoms in total. The van der Waals surface area contributed by atoms with Crippen LogP contribution in [0.4, 0.5) is 0 Å². The minimum Gasteiger partial charge on any atom is -0.371 e. The number of hydrogen-bond donors (Lipinski definition) is 0. The van der Waals surface area contributed by atoms with E-state index in [1.807, 2.05) is 50.2 Å². The van der Waals surface area contributed by atoms with Crippen molar-refractivity contribution in [2.45, 2.75) is 30.9 Å². The average Bonchev–Trinajstić information content (AvgIpc) is 3.37. The van der Waals surface area contributed by atoms with Gasteiger partial charge in [0.05, 0.1) is 22.3 Å². The van der Waals surface area contributed by atoms with Crippen molar-refractivity contribution in [3.8, 4) is 0 Å². The molecule has 0 amide bonds. The van der Waals surface area contributed by atoms with Crippen molar-refractivity contribution >= 4 is 39.3 Å². The summed E-state index contributed by atoms with van der Waals surface area (Å²) in [6.45, 7) is 4.46. The van der Waals surface area contributed by atoms with Crippen LogP contribution in [0.3, 0.4) is 0 Å². The van der Waals surface area contributed by atoms with Crippen LogP contribution in [0.15, 0.2) is 58.2 Å². The van der Waals surface area contributed by atoms with E-state index in [9.17, 15) is 0 Å². The third kappa shape index (κ3) is 3.24. The molecule has 1 unspecified atom stereocenters. The first-order chi connectivity index (χ1) is 14.2. The molecule has 8 heteroatoms. The number of ether oxygens (including phenoxy) is 1. The third-order valence-corrected chi connectivity index (χ3v) is 5.63. The van der Waals surface area contributed by atoms with Gasteiger partial charge < -0.3 is 9.26 Å². The summed E-state index contributed by atoms with van der Waals surface area (Å²) in [6, 6.07) is 16.1. The van der Waals surface area contributed by atoms with Gasteiger partial charge in [-0.2, -0.15) is 4.98 Å². The number of benzene rings is 2. The Balaban J connectivity index is 1.55. The molecule has 1 atom stereocenters. The largest absolute Gasteiger partial charge is 0.371 e. The molecule has 0 N–H and O–H groups in total. The molecule has 3 heterocycles. The average molecular weight is 405 g/mol. The van der Waals surface area contributed by atoms with Gasteiger partial charge in [-0.05, 0) is 38.1 Å². The summed E-state index contributed by atoms with van der Waals surface area (Å²) in [5.41, 5.74) is 3.78. The van der Waals surface area contributed by atoms with Crippen molar-refractivity contribution in [2.24, 2.45) is 0 Å². The van der Waals surface area contributed by atoms with Gasteiger partial charge in [-0.3, -0.25) is 4.40 Å². The van der Waals surface area contributed by atoms with Crippen molar-refractivity contribution in [1.29, 1.82) is 0 Å². The number of thioether (sulfide) groups is 1. The van der Waals surface area contributed by atoms with Gasteiger partial charge in [-0.1, -0.05) is 41.2 Å². The molecule has 5 aromatic rings. The second-order valence-corrected chi connectivity index (χ2v) is 7.55. The number of rotatable bonds is 6. The van der Waals surface area contributed by atoms with E-state index in [1.54, 1.807) is 11.8 Å². The number of fused-ring (bicyclic) bond motifs is 5. The SMILES string of the molecule is CCOC(C)c1noc(CSc2nc3ccccc3c3nc4ccccc4n23)n1. The molecule has 146 valence electrons. The number of imidazole rings is 1. The monoisotopic (exact) mass is 405 g/mol. The Hall–Kier alpha value is -2.97. The van der Waals surface area contributed by atoms with Crippen LogP contribution in [0.1, 0.15) is 31.7 Å². The van der Waals surface area contributed by atoms with E-state index in [0.29, 0.717) is 24.1 Å². The number of para-hydroxylation sites is 3. The Bertz CT molecular complexity index is 1310.